The second-order valence-corrected chi connectivity index (χ2v) is 9.76. The molecule has 0 aromatic heterocycles. The Morgan fingerprint density at radius 2 is 1.82 bits per heavy atom. The summed E-state index contributed by atoms with van der Waals surface area (Å²) in [5.74, 6) is 1.78. The molecule has 1 heterocycles. The molecule has 1 aliphatic carbocycles. The minimum atomic E-state index is -3.67. The summed E-state index contributed by atoms with van der Waals surface area (Å²) in [5, 5.41) is 5.35. The van der Waals surface area contributed by atoms with E-state index in [9.17, 15) is 8.42 Å². The zero-order valence-electron chi connectivity index (χ0n) is 16.1. The van der Waals surface area contributed by atoms with Crippen LogP contribution in [-0.4, -0.2) is 32.4 Å². The summed E-state index contributed by atoms with van der Waals surface area (Å²) < 4.78 is 30.9. The fourth-order valence-electron chi connectivity index (χ4n) is 4.08. The monoisotopic (exact) mass is 400 g/mol. The van der Waals surface area contributed by atoms with Gasteiger partial charge in [0.15, 0.2) is 0 Å². The average molecular weight is 401 g/mol. The van der Waals surface area contributed by atoms with Crippen molar-refractivity contribution in [2.24, 2.45) is 11.1 Å². The largest absolute Gasteiger partial charge is 0.494 e. The standard InChI is InChI=1S/C22H28N2O3S/c23-28(25,26)24-16-22(17-24,15-19-6-2-1-3-7-19)20-9-4-10-21(14-20)27-13-5-8-18-11-12-18/h1-4,6-7,9-10,14,18H,5,8,11-13,15-17H2,(H2,23,25,26). The number of hydrogen-bond acceptors (Lipinski definition) is 3. The third-order valence-electron chi connectivity index (χ3n) is 5.87. The Morgan fingerprint density at radius 1 is 1.07 bits per heavy atom. The Morgan fingerprint density at radius 3 is 2.50 bits per heavy atom. The lowest BCUT2D eigenvalue weighted by molar-refractivity contribution is 0.151. The Bertz CT molecular complexity index is 904. The van der Waals surface area contributed by atoms with E-state index in [1.54, 1.807) is 0 Å². The number of rotatable bonds is 9. The van der Waals surface area contributed by atoms with Gasteiger partial charge in [-0.05, 0) is 48.4 Å². The van der Waals surface area contributed by atoms with Crippen molar-refractivity contribution < 1.29 is 13.2 Å². The normalized spacial score (nSPS) is 19.2. The van der Waals surface area contributed by atoms with Gasteiger partial charge in [0.25, 0.3) is 10.2 Å². The van der Waals surface area contributed by atoms with Gasteiger partial charge in [-0.3, -0.25) is 0 Å². The van der Waals surface area contributed by atoms with Crippen LogP contribution in [0.1, 0.15) is 36.8 Å². The Kier molecular flexibility index (Phi) is 5.45. The topological polar surface area (TPSA) is 72.6 Å². The second-order valence-electron chi connectivity index (χ2n) is 8.22. The highest BCUT2D eigenvalue weighted by molar-refractivity contribution is 7.86. The van der Waals surface area contributed by atoms with E-state index in [0.717, 1.165) is 36.7 Å². The minimum absolute atomic E-state index is 0.277. The third-order valence-corrected chi connectivity index (χ3v) is 6.85. The van der Waals surface area contributed by atoms with Crippen LogP contribution in [0.25, 0.3) is 0 Å². The molecule has 150 valence electrons. The molecule has 2 aromatic rings. The molecular formula is C22H28N2O3S. The fourth-order valence-corrected chi connectivity index (χ4v) is 4.93. The Balaban J connectivity index is 1.50. The van der Waals surface area contributed by atoms with E-state index in [2.05, 4.69) is 24.3 Å². The molecule has 2 aliphatic rings. The van der Waals surface area contributed by atoms with E-state index in [0.29, 0.717) is 13.1 Å². The van der Waals surface area contributed by atoms with Crippen molar-refractivity contribution in [2.45, 2.75) is 37.5 Å². The summed E-state index contributed by atoms with van der Waals surface area (Å²) >= 11 is 0. The Labute approximate surface area is 167 Å². The first-order chi connectivity index (χ1) is 13.4. The van der Waals surface area contributed by atoms with E-state index >= 15 is 0 Å². The van der Waals surface area contributed by atoms with E-state index in [1.807, 2.05) is 30.3 Å². The molecule has 1 aliphatic heterocycles. The Hall–Kier alpha value is -1.89. The van der Waals surface area contributed by atoms with Crippen molar-refractivity contribution in [1.29, 1.82) is 0 Å². The zero-order chi connectivity index (χ0) is 19.6. The molecule has 28 heavy (non-hydrogen) atoms. The van der Waals surface area contributed by atoms with E-state index < -0.39 is 10.2 Å². The average Bonchev–Trinajstić information content (AvgIpc) is 3.46. The first-order valence-corrected chi connectivity index (χ1v) is 11.5. The first kappa shape index (κ1) is 19.4. The predicted octanol–water partition coefficient (Wildman–Crippen LogP) is 3.26. The fraction of sp³-hybridized carbons (Fsp3) is 0.455. The smallest absolute Gasteiger partial charge is 0.276 e. The van der Waals surface area contributed by atoms with Crippen molar-refractivity contribution in [3.8, 4) is 5.75 Å². The lowest BCUT2D eigenvalue weighted by Crippen LogP contribution is -2.63. The number of benzene rings is 2. The van der Waals surface area contributed by atoms with Gasteiger partial charge in [-0.2, -0.15) is 12.7 Å². The summed E-state index contributed by atoms with van der Waals surface area (Å²) in [6.45, 7) is 1.52. The van der Waals surface area contributed by atoms with Gasteiger partial charge in [-0.1, -0.05) is 55.3 Å². The summed E-state index contributed by atoms with van der Waals surface area (Å²) in [7, 11) is -3.67. The molecule has 2 fully saturated rings. The van der Waals surface area contributed by atoms with E-state index in [-0.39, 0.29) is 5.41 Å². The van der Waals surface area contributed by atoms with Crippen LogP contribution >= 0.6 is 0 Å². The van der Waals surface area contributed by atoms with Crippen LogP contribution in [-0.2, 0) is 22.0 Å². The van der Waals surface area contributed by atoms with Gasteiger partial charge >= 0.3 is 0 Å². The third kappa shape index (κ3) is 4.57. The van der Waals surface area contributed by atoms with Crippen molar-refractivity contribution in [3.63, 3.8) is 0 Å². The molecule has 0 atom stereocenters. The molecule has 0 radical (unpaired) electrons. The quantitative estimate of drug-likeness (QED) is 0.657. The molecular weight excluding hydrogens is 372 g/mol. The second kappa shape index (κ2) is 7.85. The molecule has 0 spiro atoms. The van der Waals surface area contributed by atoms with Crippen molar-refractivity contribution >= 4 is 10.2 Å². The van der Waals surface area contributed by atoms with Crippen LogP contribution < -0.4 is 9.88 Å². The molecule has 4 rings (SSSR count). The summed E-state index contributed by atoms with van der Waals surface area (Å²) in [6, 6.07) is 18.3. The number of hydrogen-bond donors (Lipinski definition) is 1. The SMILES string of the molecule is NS(=O)(=O)N1CC(Cc2ccccc2)(c2cccc(OCCCC3CC3)c2)C1. The van der Waals surface area contributed by atoms with E-state index in [4.69, 9.17) is 9.88 Å². The molecule has 5 nitrogen and oxygen atoms in total. The van der Waals surface area contributed by atoms with Gasteiger partial charge in [0.1, 0.15) is 5.75 Å². The predicted molar refractivity (Wildman–Crippen MR) is 110 cm³/mol. The summed E-state index contributed by atoms with van der Waals surface area (Å²) in [4.78, 5) is 0. The molecule has 0 unspecified atom stereocenters. The lowest BCUT2D eigenvalue weighted by Gasteiger charge is -2.49. The highest BCUT2D eigenvalue weighted by atomic mass is 32.2. The maximum absolute atomic E-state index is 11.8. The van der Waals surface area contributed by atoms with Gasteiger partial charge in [-0.15, -0.1) is 0 Å². The van der Waals surface area contributed by atoms with Crippen molar-refractivity contribution in [2.75, 3.05) is 19.7 Å². The first-order valence-electron chi connectivity index (χ1n) is 10.00. The van der Waals surface area contributed by atoms with Crippen LogP contribution in [0.3, 0.4) is 0 Å². The molecule has 0 bridgehead atoms. The van der Waals surface area contributed by atoms with Gasteiger partial charge in [0, 0.05) is 18.5 Å². The van der Waals surface area contributed by atoms with Crippen LogP contribution in [0.5, 0.6) is 5.75 Å². The molecule has 2 N–H and O–H groups in total. The number of nitrogens with zero attached hydrogens (tertiary/aromatic N) is 1. The van der Waals surface area contributed by atoms with Crippen LogP contribution in [0.15, 0.2) is 54.6 Å². The molecule has 0 amide bonds. The highest BCUT2D eigenvalue weighted by Gasteiger charge is 2.48. The summed E-state index contributed by atoms with van der Waals surface area (Å²) in [5.41, 5.74) is 2.02. The van der Waals surface area contributed by atoms with Crippen molar-refractivity contribution in [3.05, 3.63) is 65.7 Å². The molecule has 6 heteroatoms. The minimum Gasteiger partial charge on any atom is -0.494 e. The van der Waals surface area contributed by atoms with Gasteiger partial charge in [-0.25, -0.2) is 5.14 Å². The summed E-state index contributed by atoms with van der Waals surface area (Å²) in [6.07, 6.45) is 5.85. The molecule has 1 saturated heterocycles. The van der Waals surface area contributed by atoms with Crippen LogP contribution in [0.2, 0.25) is 0 Å². The molecule has 1 saturated carbocycles. The van der Waals surface area contributed by atoms with Crippen LogP contribution in [0.4, 0.5) is 0 Å². The number of nitrogens with two attached hydrogens (primary N) is 1. The van der Waals surface area contributed by atoms with Gasteiger partial charge in [0.2, 0.25) is 0 Å². The van der Waals surface area contributed by atoms with E-state index in [1.165, 1.54) is 29.1 Å². The number of ether oxygens (including phenoxy) is 1. The molecule has 2 aromatic carbocycles. The maximum Gasteiger partial charge on any atom is 0.276 e. The zero-order valence-corrected chi connectivity index (χ0v) is 16.9. The van der Waals surface area contributed by atoms with Gasteiger partial charge in [0.05, 0.1) is 6.61 Å². The maximum atomic E-state index is 11.8. The lowest BCUT2D eigenvalue weighted by atomic mass is 9.71. The highest BCUT2D eigenvalue weighted by Crippen LogP contribution is 2.40. The van der Waals surface area contributed by atoms with Crippen LogP contribution in [0, 0.1) is 5.92 Å². The van der Waals surface area contributed by atoms with Crippen molar-refractivity contribution in [1.82, 2.24) is 4.31 Å². The van der Waals surface area contributed by atoms with Gasteiger partial charge < -0.3 is 4.74 Å².